The van der Waals surface area contributed by atoms with Crippen molar-refractivity contribution >= 4 is 29.4 Å². The van der Waals surface area contributed by atoms with E-state index in [0.717, 1.165) is 19.1 Å². The third kappa shape index (κ3) is 4.82. The SMILES string of the molecule is C=CCOc1cc(NC(=O)/C(C)=C(\C=N)C(F)(F)F)c(F)cc1Cl. The third-order valence-corrected chi connectivity index (χ3v) is 3.12. The number of ether oxygens (including phenoxy) is 1. The highest BCUT2D eigenvalue weighted by Crippen LogP contribution is 2.31. The van der Waals surface area contributed by atoms with Crippen LogP contribution >= 0.6 is 11.6 Å². The molecule has 0 aliphatic carbocycles. The van der Waals surface area contributed by atoms with Crippen molar-refractivity contribution in [3.05, 3.63) is 46.8 Å². The molecule has 130 valence electrons. The van der Waals surface area contributed by atoms with E-state index in [1.54, 1.807) is 0 Å². The van der Waals surface area contributed by atoms with Crippen LogP contribution in [0.5, 0.6) is 5.75 Å². The summed E-state index contributed by atoms with van der Waals surface area (Å²) in [5, 5.41) is 8.72. The Morgan fingerprint density at radius 2 is 2.08 bits per heavy atom. The zero-order valence-electron chi connectivity index (χ0n) is 12.4. The van der Waals surface area contributed by atoms with Gasteiger partial charge in [0.05, 0.1) is 16.3 Å². The molecule has 0 aliphatic rings. The molecule has 1 amide bonds. The topological polar surface area (TPSA) is 62.2 Å². The zero-order valence-corrected chi connectivity index (χ0v) is 13.2. The first-order chi connectivity index (χ1) is 11.1. The van der Waals surface area contributed by atoms with E-state index >= 15 is 0 Å². The number of carbonyl (C=O) groups is 1. The Hall–Kier alpha value is -2.35. The number of anilines is 1. The first-order valence-corrected chi connectivity index (χ1v) is 6.82. The lowest BCUT2D eigenvalue weighted by atomic mass is 10.1. The number of hydrogen-bond acceptors (Lipinski definition) is 3. The van der Waals surface area contributed by atoms with Crippen molar-refractivity contribution in [2.45, 2.75) is 13.1 Å². The second-order valence-electron chi connectivity index (χ2n) is 4.50. The normalized spacial score (nSPS) is 12.2. The molecule has 0 saturated carbocycles. The predicted molar refractivity (Wildman–Crippen MR) is 83.3 cm³/mol. The predicted octanol–water partition coefficient (Wildman–Crippen LogP) is 4.51. The van der Waals surface area contributed by atoms with Crippen molar-refractivity contribution in [1.29, 1.82) is 5.41 Å². The molecule has 24 heavy (non-hydrogen) atoms. The molecule has 0 unspecified atom stereocenters. The molecule has 1 aromatic carbocycles. The number of rotatable bonds is 6. The van der Waals surface area contributed by atoms with E-state index in [9.17, 15) is 22.4 Å². The van der Waals surface area contributed by atoms with Gasteiger partial charge in [0, 0.05) is 17.9 Å². The molecule has 0 aliphatic heterocycles. The van der Waals surface area contributed by atoms with Crippen LogP contribution in [0.15, 0.2) is 35.9 Å². The number of amides is 1. The molecule has 1 rings (SSSR count). The van der Waals surface area contributed by atoms with Crippen LogP contribution in [0.2, 0.25) is 5.02 Å². The summed E-state index contributed by atoms with van der Waals surface area (Å²) in [7, 11) is 0. The smallest absolute Gasteiger partial charge is 0.418 e. The summed E-state index contributed by atoms with van der Waals surface area (Å²) >= 11 is 5.77. The van der Waals surface area contributed by atoms with Crippen LogP contribution in [0.3, 0.4) is 0 Å². The van der Waals surface area contributed by atoms with Crippen molar-refractivity contribution in [1.82, 2.24) is 0 Å². The molecule has 0 spiro atoms. The largest absolute Gasteiger partial charge is 0.488 e. The Morgan fingerprint density at radius 1 is 1.46 bits per heavy atom. The maximum absolute atomic E-state index is 13.8. The van der Waals surface area contributed by atoms with E-state index in [0.29, 0.717) is 0 Å². The van der Waals surface area contributed by atoms with E-state index in [1.807, 2.05) is 5.32 Å². The second kappa shape index (κ2) is 7.96. The van der Waals surface area contributed by atoms with E-state index < -0.39 is 34.7 Å². The molecule has 0 heterocycles. The van der Waals surface area contributed by atoms with Crippen molar-refractivity contribution in [2.24, 2.45) is 0 Å². The fourth-order valence-electron chi connectivity index (χ4n) is 1.63. The molecule has 9 heteroatoms. The Balaban J connectivity index is 3.16. The molecule has 0 bridgehead atoms. The summed E-state index contributed by atoms with van der Waals surface area (Å²) < 4.78 is 57.1. The third-order valence-electron chi connectivity index (χ3n) is 2.82. The van der Waals surface area contributed by atoms with Gasteiger partial charge < -0.3 is 15.5 Å². The van der Waals surface area contributed by atoms with Crippen LogP contribution in [0.4, 0.5) is 23.2 Å². The molecule has 0 atom stereocenters. The van der Waals surface area contributed by atoms with Crippen molar-refractivity contribution < 1.29 is 27.1 Å². The van der Waals surface area contributed by atoms with E-state index in [1.165, 1.54) is 6.08 Å². The Kier molecular flexibility index (Phi) is 6.53. The van der Waals surface area contributed by atoms with Gasteiger partial charge in [-0.25, -0.2) is 4.39 Å². The van der Waals surface area contributed by atoms with Crippen molar-refractivity contribution in [3.8, 4) is 5.75 Å². The number of hydrogen-bond donors (Lipinski definition) is 2. The van der Waals surface area contributed by atoms with Gasteiger partial charge in [-0.3, -0.25) is 4.79 Å². The van der Waals surface area contributed by atoms with Crippen LogP contribution in [-0.4, -0.2) is 24.9 Å². The molecular weight excluding hydrogens is 352 g/mol. The summed E-state index contributed by atoms with van der Waals surface area (Å²) in [6.07, 6.45) is -3.45. The number of alkyl halides is 3. The van der Waals surface area contributed by atoms with Gasteiger partial charge >= 0.3 is 6.18 Å². The average Bonchev–Trinajstić information content (AvgIpc) is 2.47. The van der Waals surface area contributed by atoms with Crippen LogP contribution in [0.25, 0.3) is 0 Å². The van der Waals surface area contributed by atoms with Crippen molar-refractivity contribution in [2.75, 3.05) is 11.9 Å². The summed E-state index contributed by atoms with van der Waals surface area (Å²) in [4.78, 5) is 11.9. The van der Waals surface area contributed by atoms with Crippen molar-refractivity contribution in [3.63, 3.8) is 0 Å². The van der Waals surface area contributed by atoms with Gasteiger partial charge in [-0.15, -0.1) is 0 Å². The number of benzene rings is 1. The minimum absolute atomic E-state index is 0.0196. The van der Waals surface area contributed by atoms with E-state index in [2.05, 4.69) is 6.58 Å². The monoisotopic (exact) mass is 364 g/mol. The highest BCUT2D eigenvalue weighted by Gasteiger charge is 2.35. The lowest BCUT2D eigenvalue weighted by molar-refractivity contribution is -0.114. The first kappa shape index (κ1) is 19.7. The molecule has 0 fully saturated rings. The summed E-state index contributed by atoms with van der Waals surface area (Å²) in [6, 6.07) is 1.90. The fraction of sp³-hybridized carbons (Fsp3) is 0.200. The molecule has 2 N–H and O–H groups in total. The first-order valence-electron chi connectivity index (χ1n) is 6.44. The molecule has 1 aromatic rings. The standard InChI is InChI=1S/C15H13ClF4N2O2/c1-3-4-24-13-6-12(11(17)5-10(13)16)22-14(23)8(2)9(7-21)15(18,19)20/h3,5-7,21H,1,4H2,2H3,(H,22,23)/b9-8+,21-7?. The van der Waals surface area contributed by atoms with Gasteiger partial charge in [-0.05, 0) is 13.0 Å². The van der Waals surface area contributed by atoms with Gasteiger partial charge in [0.15, 0.2) is 0 Å². The maximum Gasteiger partial charge on any atom is 0.418 e. The maximum atomic E-state index is 13.8. The minimum Gasteiger partial charge on any atom is -0.488 e. The van der Waals surface area contributed by atoms with Crippen LogP contribution in [-0.2, 0) is 4.79 Å². The zero-order chi connectivity index (χ0) is 18.5. The summed E-state index contributed by atoms with van der Waals surface area (Å²) in [5.74, 6) is -2.13. The average molecular weight is 365 g/mol. The molecule has 4 nitrogen and oxygen atoms in total. The van der Waals surface area contributed by atoms with Crippen LogP contribution in [0.1, 0.15) is 6.92 Å². The lowest BCUT2D eigenvalue weighted by Gasteiger charge is -2.13. The Bertz CT molecular complexity index is 699. The van der Waals surface area contributed by atoms with Gasteiger partial charge in [-0.1, -0.05) is 24.3 Å². The van der Waals surface area contributed by atoms with E-state index in [4.69, 9.17) is 21.7 Å². The summed E-state index contributed by atoms with van der Waals surface area (Å²) in [5.41, 5.74) is -2.62. The highest BCUT2D eigenvalue weighted by molar-refractivity contribution is 6.32. The number of carbonyl (C=O) groups excluding carboxylic acids is 1. The molecule has 0 saturated heterocycles. The van der Waals surface area contributed by atoms with Crippen LogP contribution in [0, 0.1) is 11.2 Å². The number of halogens is 5. The quantitative estimate of drug-likeness (QED) is 0.337. The fourth-order valence-corrected chi connectivity index (χ4v) is 1.83. The minimum atomic E-state index is -4.88. The van der Waals surface area contributed by atoms with Gasteiger partial charge in [0.25, 0.3) is 5.91 Å². The number of nitrogens with one attached hydrogen (secondary N) is 2. The molecular formula is C15H13ClF4N2O2. The Morgan fingerprint density at radius 3 is 2.58 bits per heavy atom. The second-order valence-corrected chi connectivity index (χ2v) is 4.90. The number of allylic oxidation sites excluding steroid dienone is 1. The van der Waals surface area contributed by atoms with Gasteiger partial charge in [0.1, 0.15) is 18.2 Å². The molecule has 0 aromatic heterocycles. The van der Waals surface area contributed by atoms with Crippen LogP contribution < -0.4 is 10.1 Å². The van der Waals surface area contributed by atoms with Gasteiger partial charge in [0.2, 0.25) is 0 Å². The Labute approximate surface area is 140 Å². The van der Waals surface area contributed by atoms with E-state index in [-0.39, 0.29) is 23.6 Å². The summed E-state index contributed by atoms with van der Waals surface area (Å²) in [6.45, 7) is 4.36. The highest BCUT2D eigenvalue weighted by atomic mass is 35.5. The lowest BCUT2D eigenvalue weighted by Crippen LogP contribution is -2.22. The van der Waals surface area contributed by atoms with Gasteiger partial charge in [-0.2, -0.15) is 13.2 Å². The molecule has 0 radical (unpaired) electrons.